The fourth-order valence-corrected chi connectivity index (χ4v) is 2.00. The Morgan fingerprint density at radius 3 is 2.47 bits per heavy atom. The lowest BCUT2D eigenvalue weighted by Crippen LogP contribution is -2.13. The van der Waals surface area contributed by atoms with E-state index in [1.807, 2.05) is 19.1 Å². The molecule has 104 valence electrons. The monoisotopic (exact) mass is 262 g/mol. The minimum absolute atomic E-state index is 0.0158. The third-order valence-corrected chi connectivity index (χ3v) is 2.86. The van der Waals surface area contributed by atoms with E-state index in [0.29, 0.717) is 0 Å². The first kappa shape index (κ1) is 15.3. The second-order valence-corrected chi connectivity index (χ2v) is 5.69. The van der Waals surface area contributed by atoms with E-state index < -0.39 is 5.97 Å². The van der Waals surface area contributed by atoms with Gasteiger partial charge in [0, 0.05) is 11.1 Å². The molecule has 0 aromatic heterocycles. The lowest BCUT2D eigenvalue weighted by Gasteiger charge is -2.24. The third-order valence-electron chi connectivity index (χ3n) is 2.86. The van der Waals surface area contributed by atoms with Crippen molar-refractivity contribution < 1.29 is 14.6 Å². The molecule has 0 amide bonds. The van der Waals surface area contributed by atoms with Gasteiger partial charge in [-0.25, -0.2) is 0 Å². The van der Waals surface area contributed by atoms with Crippen molar-refractivity contribution in [3.63, 3.8) is 0 Å². The molecular formula is C16H22O3. The Labute approximate surface area is 114 Å². The van der Waals surface area contributed by atoms with E-state index >= 15 is 0 Å². The summed E-state index contributed by atoms with van der Waals surface area (Å²) in [7, 11) is 1.65. The van der Waals surface area contributed by atoms with Crippen LogP contribution in [0.15, 0.2) is 18.2 Å². The molecule has 1 aromatic rings. The number of carboxylic acids is 1. The van der Waals surface area contributed by atoms with Gasteiger partial charge in [-0.15, -0.1) is 0 Å². The molecule has 0 bridgehead atoms. The molecule has 1 aromatic carbocycles. The maximum absolute atomic E-state index is 10.6. The van der Waals surface area contributed by atoms with Gasteiger partial charge in [-0.1, -0.05) is 39.0 Å². The van der Waals surface area contributed by atoms with Crippen molar-refractivity contribution in [1.29, 1.82) is 0 Å². The molecule has 1 N–H and O–H groups in total. The number of ether oxygens (including phenoxy) is 1. The van der Waals surface area contributed by atoms with Crippen LogP contribution in [0.2, 0.25) is 0 Å². The molecule has 3 nitrogen and oxygen atoms in total. The predicted octanol–water partition coefficient (Wildman–Crippen LogP) is 3.79. The Morgan fingerprint density at radius 1 is 1.37 bits per heavy atom. The maximum atomic E-state index is 10.6. The Morgan fingerprint density at radius 2 is 2.00 bits per heavy atom. The van der Waals surface area contributed by atoms with Gasteiger partial charge in [0.15, 0.2) is 0 Å². The number of aryl methyl sites for hydroxylation is 1. The number of hydrogen-bond acceptors (Lipinski definition) is 2. The molecular weight excluding hydrogens is 240 g/mol. The van der Waals surface area contributed by atoms with Crippen LogP contribution in [0.4, 0.5) is 0 Å². The number of aliphatic carboxylic acids is 1. The molecule has 0 spiro atoms. The molecule has 3 heteroatoms. The molecule has 0 radical (unpaired) electrons. The third kappa shape index (κ3) is 4.12. The number of carboxylic acid groups (broad SMARTS) is 1. The van der Waals surface area contributed by atoms with Crippen molar-refractivity contribution >= 4 is 12.0 Å². The Hall–Kier alpha value is -1.77. The molecule has 1 rings (SSSR count). The molecule has 0 aliphatic rings. The van der Waals surface area contributed by atoms with Crippen LogP contribution in [0.25, 0.3) is 6.08 Å². The van der Waals surface area contributed by atoms with Crippen molar-refractivity contribution in [2.24, 2.45) is 0 Å². The van der Waals surface area contributed by atoms with E-state index in [2.05, 4.69) is 26.8 Å². The zero-order valence-electron chi connectivity index (χ0n) is 12.3. The first-order chi connectivity index (χ1) is 8.75. The van der Waals surface area contributed by atoms with Gasteiger partial charge in [0.05, 0.1) is 13.5 Å². The van der Waals surface area contributed by atoms with E-state index in [1.54, 1.807) is 13.2 Å². The highest BCUT2D eigenvalue weighted by Crippen LogP contribution is 2.35. The summed E-state index contributed by atoms with van der Waals surface area (Å²) in [5, 5.41) is 8.67. The fraction of sp³-hybridized carbons (Fsp3) is 0.438. The normalized spacial score (nSPS) is 11.8. The highest BCUT2D eigenvalue weighted by Gasteiger charge is 2.20. The largest absolute Gasteiger partial charge is 0.496 e. The van der Waals surface area contributed by atoms with Crippen LogP contribution in [0, 0.1) is 6.92 Å². The maximum Gasteiger partial charge on any atom is 0.307 e. The average molecular weight is 262 g/mol. The SMILES string of the molecule is COc1c(/C=C/CC(=O)O)cc(C)cc1C(C)(C)C. The molecule has 0 atom stereocenters. The number of rotatable bonds is 4. The van der Waals surface area contributed by atoms with E-state index in [9.17, 15) is 4.79 Å². The van der Waals surface area contributed by atoms with Gasteiger partial charge < -0.3 is 9.84 Å². The Kier molecular flexibility index (Phi) is 4.76. The zero-order valence-corrected chi connectivity index (χ0v) is 12.3. The van der Waals surface area contributed by atoms with Crippen molar-refractivity contribution in [3.05, 3.63) is 34.9 Å². The second-order valence-electron chi connectivity index (χ2n) is 5.69. The summed E-state index contributed by atoms with van der Waals surface area (Å²) in [5.41, 5.74) is 3.17. The molecule has 0 fully saturated rings. The highest BCUT2D eigenvalue weighted by atomic mass is 16.5. The van der Waals surface area contributed by atoms with Gasteiger partial charge in [-0.2, -0.15) is 0 Å². The topological polar surface area (TPSA) is 46.5 Å². The summed E-state index contributed by atoms with van der Waals surface area (Å²) >= 11 is 0. The minimum Gasteiger partial charge on any atom is -0.496 e. The van der Waals surface area contributed by atoms with Gasteiger partial charge >= 0.3 is 5.97 Å². The summed E-state index contributed by atoms with van der Waals surface area (Å²) in [6.07, 6.45) is 3.48. The molecule has 0 saturated heterocycles. The summed E-state index contributed by atoms with van der Waals surface area (Å²) in [6.45, 7) is 8.43. The van der Waals surface area contributed by atoms with Crippen LogP contribution < -0.4 is 4.74 Å². The summed E-state index contributed by atoms with van der Waals surface area (Å²) in [6, 6.07) is 4.12. The van der Waals surface area contributed by atoms with E-state index in [4.69, 9.17) is 9.84 Å². The van der Waals surface area contributed by atoms with Gasteiger partial charge in [-0.05, 0) is 24.0 Å². The summed E-state index contributed by atoms with van der Waals surface area (Å²) in [5.74, 6) is -0.0151. The van der Waals surface area contributed by atoms with Gasteiger partial charge in [0.1, 0.15) is 5.75 Å². The zero-order chi connectivity index (χ0) is 14.6. The Bertz CT molecular complexity index is 493. The summed E-state index contributed by atoms with van der Waals surface area (Å²) in [4.78, 5) is 10.6. The van der Waals surface area contributed by atoms with Gasteiger partial charge in [0.2, 0.25) is 0 Å². The van der Waals surface area contributed by atoms with E-state index in [-0.39, 0.29) is 11.8 Å². The van der Waals surface area contributed by atoms with Crippen LogP contribution >= 0.6 is 0 Å². The Balaban J connectivity index is 3.27. The van der Waals surface area contributed by atoms with Crippen LogP contribution in [-0.2, 0) is 10.2 Å². The van der Waals surface area contributed by atoms with Crippen molar-refractivity contribution in [3.8, 4) is 5.75 Å². The van der Waals surface area contributed by atoms with Crippen molar-refractivity contribution in [2.75, 3.05) is 7.11 Å². The van der Waals surface area contributed by atoms with Crippen LogP contribution in [0.3, 0.4) is 0 Å². The number of hydrogen-bond donors (Lipinski definition) is 1. The summed E-state index contributed by atoms with van der Waals surface area (Å²) < 4.78 is 5.52. The molecule has 0 unspecified atom stereocenters. The van der Waals surface area contributed by atoms with Crippen LogP contribution in [0.1, 0.15) is 43.9 Å². The van der Waals surface area contributed by atoms with Gasteiger partial charge in [-0.3, -0.25) is 4.79 Å². The number of benzene rings is 1. The number of methoxy groups -OCH3 is 1. The average Bonchev–Trinajstić information content (AvgIpc) is 2.26. The lowest BCUT2D eigenvalue weighted by atomic mass is 9.84. The fourth-order valence-electron chi connectivity index (χ4n) is 2.00. The second kappa shape index (κ2) is 5.91. The number of carbonyl (C=O) groups is 1. The molecule has 0 saturated carbocycles. The smallest absolute Gasteiger partial charge is 0.307 e. The molecule has 0 heterocycles. The van der Waals surface area contributed by atoms with E-state index in [0.717, 1.165) is 22.4 Å². The van der Waals surface area contributed by atoms with Crippen molar-refractivity contribution in [1.82, 2.24) is 0 Å². The predicted molar refractivity (Wildman–Crippen MR) is 77.7 cm³/mol. The van der Waals surface area contributed by atoms with Crippen LogP contribution in [-0.4, -0.2) is 18.2 Å². The lowest BCUT2D eigenvalue weighted by molar-refractivity contribution is -0.135. The standard InChI is InChI=1S/C16H22O3/c1-11-9-12(7-6-8-14(17)18)15(19-5)13(10-11)16(2,3)4/h6-7,9-10H,8H2,1-5H3,(H,17,18)/b7-6+. The first-order valence-corrected chi connectivity index (χ1v) is 6.33. The van der Waals surface area contributed by atoms with Crippen molar-refractivity contribution in [2.45, 2.75) is 39.5 Å². The first-order valence-electron chi connectivity index (χ1n) is 6.33. The molecule has 0 aliphatic heterocycles. The van der Waals surface area contributed by atoms with Gasteiger partial charge in [0.25, 0.3) is 0 Å². The minimum atomic E-state index is -0.834. The quantitative estimate of drug-likeness (QED) is 0.898. The van der Waals surface area contributed by atoms with E-state index in [1.165, 1.54) is 0 Å². The highest BCUT2D eigenvalue weighted by molar-refractivity contribution is 5.71. The molecule has 0 aliphatic carbocycles. The molecule has 19 heavy (non-hydrogen) atoms. The van der Waals surface area contributed by atoms with Crippen LogP contribution in [0.5, 0.6) is 5.75 Å².